The quantitative estimate of drug-likeness (QED) is 0.776. The van der Waals surface area contributed by atoms with Crippen LogP contribution in [0.25, 0.3) is 0 Å². The Morgan fingerprint density at radius 1 is 1.16 bits per heavy atom. The molecule has 3 unspecified atom stereocenters. The highest BCUT2D eigenvalue weighted by Gasteiger charge is 2.56. The summed E-state index contributed by atoms with van der Waals surface area (Å²) < 4.78 is 26.5. The van der Waals surface area contributed by atoms with Crippen molar-refractivity contribution in [1.82, 2.24) is 4.31 Å². The molecule has 2 aliphatic rings. The van der Waals surface area contributed by atoms with Crippen molar-refractivity contribution in [2.45, 2.75) is 60.8 Å². The summed E-state index contributed by atoms with van der Waals surface area (Å²) in [4.78, 5) is 12.2. The third kappa shape index (κ3) is 3.82. The Labute approximate surface area is 158 Å². The van der Waals surface area contributed by atoms with E-state index in [1.165, 1.54) is 12.1 Å². The molecule has 0 radical (unpaired) electrons. The molecule has 1 aromatic carbocycles. The molecular weight excluding hydrogens is 383 g/mol. The van der Waals surface area contributed by atoms with Crippen LogP contribution in [-0.2, 0) is 14.8 Å². The van der Waals surface area contributed by atoms with Gasteiger partial charge in [-0.2, -0.15) is 4.31 Å². The van der Waals surface area contributed by atoms with Gasteiger partial charge in [-0.1, -0.05) is 6.42 Å². The number of piperidine rings is 1. The fourth-order valence-corrected chi connectivity index (χ4v) is 5.82. The molecule has 0 bridgehead atoms. The summed E-state index contributed by atoms with van der Waals surface area (Å²) in [6, 6.07) is 6.22. The first-order valence-electron chi connectivity index (χ1n) is 8.45. The monoisotopic (exact) mass is 404 g/mol. The fraction of sp³-hybridized carbons (Fsp3) is 0.588. The summed E-state index contributed by atoms with van der Waals surface area (Å²) in [5.74, 6) is -0.673. The number of rotatable bonds is 4. The number of carbonyl (C=O) groups is 1. The second-order valence-electron chi connectivity index (χ2n) is 7.00. The van der Waals surface area contributed by atoms with Crippen molar-refractivity contribution in [1.29, 1.82) is 0 Å². The fourth-order valence-electron chi connectivity index (χ4n) is 3.43. The topological polar surface area (TPSA) is 66.5 Å². The predicted molar refractivity (Wildman–Crippen MR) is 99.4 cm³/mol. The summed E-state index contributed by atoms with van der Waals surface area (Å²) in [7, 11) is -3.55. The predicted octanol–water partition coefficient (Wildman–Crippen LogP) is 3.77. The molecule has 1 saturated heterocycles. The van der Waals surface area contributed by atoms with Gasteiger partial charge in [0.05, 0.1) is 10.8 Å². The van der Waals surface area contributed by atoms with Gasteiger partial charge in [-0.05, 0) is 57.4 Å². The standard InChI is InChI=1S/C17H22Cl2N2O3S/c1-11-4-3-5-12(2)21(11)25(23,24)14-8-6-13(7-9-14)20-16(22)15-10-17(15,18)19/h6-9,11-12,15H,3-5,10H2,1-2H3,(H,20,22). The number of carbonyl (C=O) groups excluding carboxylic acids is 1. The number of alkyl halides is 2. The molecule has 138 valence electrons. The maximum absolute atomic E-state index is 12.9. The number of anilines is 1. The lowest BCUT2D eigenvalue weighted by molar-refractivity contribution is -0.117. The van der Waals surface area contributed by atoms with Crippen LogP contribution >= 0.6 is 23.2 Å². The van der Waals surface area contributed by atoms with Crippen molar-refractivity contribution in [3.05, 3.63) is 24.3 Å². The average molecular weight is 405 g/mol. The molecule has 1 aliphatic heterocycles. The first-order chi connectivity index (χ1) is 11.6. The van der Waals surface area contributed by atoms with Gasteiger partial charge in [-0.15, -0.1) is 23.2 Å². The van der Waals surface area contributed by atoms with Crippen molar-refractivity contribution < 1.29 is 13.2 Å². The van der Waals surface area contributed by atoms with Crippen LogP contribution in [0, 0.1) is 5.92 Å². The van der Waals surface area contributed by atoms with Crippen LogP contribution in [0.3, 0.4) is 0 Å². The van der Waals surface area contributed by atoms with E-state index in [1.807, 2.05) is 13.8 Å². The number of amides is 1. The van der Waals surface area contributed by atoms with E-state index in [0.717, 1.165) is 19.3 Å². The van der Waals surface area contributed by atoms with E-state index in [4.69, 9.17) is 23.2 Å². The Bertz CT molecular complexity index is 755. The summed E-state index contributed by atoms with van der Waals surface area (Å²) >= 11 is 11.8. The Balaban J connectivity index is 1.74. The van der Waals surface area contributed by atoms with Crippen LogP contribution in [0.15, 0.2) is 29.2 Å². The molecule has 8 heteroatoms. The van der Waals surface area contributed by atoms with Gasteiger partial charge in [0.2, 0.25) is 15.9 Å². The van der Waals surface area contributed by atoms with Crippen LogP contribution < -0.4 is 5.32 Å². The molecular formula is C17H22Cl2N2O3S. The molecule has 0 spiro atoms. The van der Waals surface area contributed by atoms with Gasteiger partial charge in [0.1, 0.15) is 4.33 Å². The van der Waals surface area contributed by atoms with Gasteiger partial charge < -0.3 is 5.32 Å². The van der Waals surface area contributed by atoms with Gasteiger partial charge >= 0.3 is 0 Å². The Morgan fingerprint density at radius 3 is 2.16 bits per heavy atom. The average Bonchev–Trinajstić information content (AvgIpc) is 3.16. The maximum atomic E-state index is 12.9. The second kappa shape index (κ2) is 6.72. The molecule has 1 amide bonds. The Kier molecular flexibility index (Phi) is 5.10. The lowest BCUT2D eigenvalue weighted by atomic mass is 10.0. The van der Waals surface area contributed by atoms with Crippen LogP contribution in [0.5, 0.6) is 0 Å². The lowest BCUT2D eigenvalue weighted by Gasteiger charge is -2.37. The largest absolute Gasteiger partial charge is 0.326 e. The minimum Gasteiger partial charge on any atom is -0.326 e. The second-order valence-corrected chi connectivity index (χ2v) is 10.4. The Morgan fingerprint density at radius 2 is 1.68 bits per heavy atom. The van der Waals surface area contributed by atoms with Gasteiger partial charge in [0.15, 0.2) is 0 Å². The molecule has 2 fully saturated rings. The number of sulfonamides is 1. The molecule has 1 saturated carbocycles. The van der Waals surface area contributed by atoms with E-state index >= 15 is 0 Å². The zero-order valence-electron chi connectivity index (χ0n) is 14.2. The molecule has 5 nitrogen and oxygen atoms in total. The molecule has 1 aliphatic carbocycles. The molecule has 1 N–H and O–H groups in total. The van der Waals surface area contributed by atoms with Crippen LogP contribution in [0.4, 0.5) is 5.69 Å². The van der Waals surface area contributed by atoms with Gasteiger partial charge in [-0.25, -0.2) is 8.42 Å². The number of nitrogens with one attached hydrogen (secondary N) is 1. The van der Waals surface area contributed by atoms with Gasteiger partial charge in [0.25, 0.3) is 0 Å². The van der Waals surface area contributed by atoms with Crippen LogP contribution in [0.2, 0.25) is 0 Å². The van der Waals surface area contributed by atoms with E-state index in [0.29, 0.717) is 12.1 Å². The molecule has 0 aromatic heterocycles. The highest BCUT2D eigenvalue weighted by atomic mass is 35.5. The van der Waals surface area contributed by atoms with E-state index in [2.05, 4.69) is 5.32 Å². The molecule has 25 heavy (non-hydrogen) atoms. The van der Waals surface area contributed by atoms with Crippen molar-refractivity contribution in [3.8, 4) is 0 Å². The number of hydrogen-bond donors (Lipinski definition) is 1. The third-order valence-electron chi connectivity index (χ3n) is 4.95. The highest BCUT2D eigenvalue weighted by Crippen LogP contribution is 2.53. The summed E-state index contributed by atoms with van der Waals surface area (Å²) in [6.45, 7) is 3.89. The zero-order valence-corrected chi connectivity index (χ0v) is 16.5. The van der Waals surface area contributed by atoms with Crippen molar-refractivity contribution in [2.24, 2.45) is 5.92 Å². The van der Waals surface area contributed by atoms with Crippen molar-refractivity contribution >= 4 is 44.8 Å². The first-order valence-corrected chi connectivity index (χ1v) is 10.6. The summed E-state index contributed by atoms with van der Waals surface area (Å²) in [5.41, 5.74) is 0.528. The molecule has 3 rings (SSSR count). The van der Waals surface area contributed by atoms with Gasteiger partial charge in [0, 0.05) is 17.8 Å². The number of halogens is 2. The van der Waals surface area contributed by atoms with Crippen molar-refractivity contribution in [3.63, 3.8) is 0 Å². The SMILES string of the molecule is CC1CCCC(C)N1S(=O)(=O)c1ccc(NC(=O)C2CC2(Cl)Cl)cc1. The number of benzene rings is 1. The lowest BCUT2D eigenvalue weighted by Crippen LogP contribution is -2.47. The van der Waals surface area contributed by atoms with E-state index in [1.54, 1.807) is 16.4 Å². The van der Waals surface area contributed by atoms with Gasteiger partial charge in [-0.3, -0.25) is 4.79 Å². The third-order valence-corrected chi connectivity index (χ3v) is 7.93. The van der Waals surface area contributed by atoms with Crippen molar-refractivity contribution in [2.75, 3.05) is 5.32 Å². The van der Waals surface area contributed by atoms with E-state index in [9.17, 15) is 13.2 Å². The number of nitrogens with zero attached hydrogens (tertiary/aromatic N) is 1. The number of hydrogen-bond acceptors (Lipinski definition) is 3. The highest BCUT2D eigenvalue weighted by molar-refractivity contribution is 7.89. The minimum atomic E-state index is -3.55. The smallest absolute Gasteiger partial charge is 0.243 e. The maximum Gasteiger partial charge on any atom is 0.243 e. The first kappa shape index (κ1) is 19.0. The molecule has 3 atom stereocenters. The molecule has 1 aromatic rings. The zero-order chi connectivity index (χ0) is 18.4. The summed E-state index contributed by atoms with van der Waals surface area (Å²) in [6.07, 6.45) is 3.22. The van der Waals surface area contributed by atoms with Crippen LogP contribution in [-0.4, -0.2) is 35.0 Å². The normalized spacial score (nSPS) is 29.2. The summed E-state index contributed by atoms with van der Waals surface area (Å²) in [5, 5.41) is 2.72. The van der Waals surface area contributed by atoms with Crippen LogP contribution in [0.1, 0.15) is 39.5 Å². The van der Waals surface area contributed by atoms with E-state index in [-0.39, 0.29) is 22.9 Å². The Hall–Kier alpha value is -0.820. The van der Waals surface area contributed by atoms with E-state index < -0.39 is 20.3 Å². The molecule has 1 heterocycles. The minimum absolute atomic E-state index is 0.0106.